The third-order valence-electron chi connectivity index (χ3n) is 7.58. The van der Waals surface area contributed by atoms with Gasteiger partial charge in [0.15, 0.2) is 0 Å². The summed E-state index contributed by atoms with van der Waals surface area (Å²) in [5.74, 6) is 1.41. The Balaban J connectivity index is 1.26. The van der Waals surface area contributed by atoms with E-state index in [1.807, 2.05) is 42.5 Å². The molecule has 6 nitrogen and oxygen atoms in total. The Bertz CT molecular complexity index is 1500. The number of carbonyl (C=O) groups is 1. The van der Waals surface area contributed by atoms with Gasteiger partial charge in [-0.05, 0) is 80.4 Å². The van der Waals surface area contributed by atoms with E-state index in [-0.39, 0.29) is 23.9 Å². The first-order valence-corrected chi connectivity index (χ1v) is 14.0. The van der Waals surface area contributed by atoms with Gasteiger partial charge in [0, 0.05) is 30.1 Å². The lowest BCUT2D eigenvalue weighted by molar-refractivity contribution is 0.0924. The quantitative estimate of drug-likeness (QED) is 0.232. The Morgan fingerprint density at radius 3 is 2.62 bits per heavy atom. The summed E-state index contributed by atoms with van der Waals surface area (Å²) in [5.41, 5.74) is 5.40. The second-order valence-corrected chi connectivity index (χ2v) is 10.8. The van der Waals surface area contributed by atoms with Crippen LogP contribution in [0.25, 0.3) is 11.3 Å². The van der Waals surface area contributed by atoms with Crippen LogP contribution in [0.2, 0.25) is 5.02 Å². The van der Waals surface area contributed by atoms with Gasteiger partial charge in [0.25, 0.3) is 5.91 Å². The highest BCUT2D eigenvalue weighted by atomic mass is 35.5. The molecule has 1 saturated heterocycles. The average Bonchev–Trinajstić information content (AvgIpc) is 3.46. The van der Waals surface area contributed by atoms with Crippen molar-refractivity contribution in [3.63, 3.8) is 0 Å². The summed E-state index contributed by atoms with van der Waals surface area (Å²) in [6.45, 7) is 6.32. The van der Waals surface area contributed by atoms with Crippen molar-refractivity contribution in [2.75, 3.05) is 13.1 Å². The van der Waals surface area contributed by atoms with E-state index in [0.29, 0.717) is 35.0 Å². The van der Waals surface area contributed by atoms with Crippen molar-refractivity contribution in [3.8, 4) is 17.4 Å². The van der Waals surface area contributed by atoms with Gasteiger partial charge < -0.3 is 20.4 Å². The van der Waals surface area contributed by atoms with Gasteiger partial charge in [-0.15, -0.1) is 0 Å². The van der Waals surface area contributed by atoms with E-state index >= 15 is 0 Å². The standard InChI is InChI=1S/C33H33ClN4O2/c1-21-3-7-24(8-4-21)22(2)37-19-27-12-14-32(40-27)26-11-13-30(34)29(17-26)33(39)38-31-20-36-16-15-28(31)25-9-5-23(18-35)6-10-25/h3-14,17,22,28,31,36-37H,15-16,19-20H2,1-2H3,(H,38,39)/t22?,28-,31+/m1/s1. The number of nitrogens with zero attached hydrogens (tertiary/aromatic N) is 1. The molecule has 40 heavy (non-hydrogen) atoms. The van der Waals surface area contributed by atoms with Gasteiger partial charge in [-0.3, -0.25) is 4.79 Å². The Kier molecular flexibility index (Phi) is 8.66. The smallest absolute Gasteiger partial charge is 0.253 e. The van der Waals surface area contributed by atoms with Crippen molar-refractivity contribution >= 4 is 17.5 Å². The van der Waals surface area contributed by atoms with Crippen LogP contribution < -0.4 is 16.0 Å². The number of amides is 1. The normalized spacial score (nSPS) is 17.6. The molecule has 0 radical (unpaired) electrons. The lowest BCUT2D eigenvalue weighted by atomic mass is 9.85. The topological polar surface area (TPSA) is 90.1 Å². The highest BCUT2D eigenvalue weighted by Gasteiger charge is 2.28. The van der Waals surface area contributed by atoms with Gasteiger partial charge >= 0.3 is 0 Å². The molecule has 5 rings (SSSR count). The van der Waals surface area contributed by atoms with E-state index in [0.717, 1.165) is 29.9 Å². The molecule has 3 N–H and O–H groups in total. The third kappa shape index (κ3) is 6.46. The first kappa shape index (κ1) is 27.7. The molecule has 1 fully saturated rings. The van der Waals surface area contributed by atoms with Gasteiger partial charge in [-0.1, -0.05) is 53.6 Å². The van der Waals surface area contributed by atoms with Gasteiger partial charge in [0.1, 0.15) is 11.5 Å². The molecule has 1 aromatic heterocycles. The molecule has 204 valence electrons. The lowest BCUT2D eigenvalue weighted by Crippen LogP contribution is -2.50. The fourth-order valence-electron chi connectivity index (χ4n) is 5.17. The Hall–Kier alpha value is -3.89. The van der Waals surface area contributed by atoms with Crippen molar-refractivity contribution in [3.05, 3.63) is 117 Å². The number of rotatable bonds is 8. The number of furan rings is 1. The Labute approximate surface area is 240 Å². The van der Waals surface area contributed by atoms with Crippen molar-refractivity contribution in [2.45, 2.75) is 44.8 Å². The number of aryl methyl sites for hydroxylation is 1. The predicted molar refractivity (Wildman–Crippen MR) is 158 cm³/mol. The minimum atomic E-state index is -0.223. The molecule has 7 heteroatoms. The summed E-state index contributed by atoms with van der Waals surface area (Å²) in [6.07, 6.45) is 0.885. The zero-order valence-electron chi connectivity index (χ0n) is 22.7. The van der Waals surface area contributed by atoms with E-state index in [1.165, 1.54) is 11.1 Å². The van der Waals surface area contributed by atoms with Crippen molar-refractivity contribution in [2.24, 2.45) is 0 Å². The molecule has 0 spiro atoms. The second kappa shape index (κ2) is 12.5. The van der Waals surface area contributed by atoms with Crippen LogP contribution in [-0.2, 0) is 6.54 Å². The number of hydrogen-bond acceptors (Lipinski definition) is 5. The molecule has 1 aliphatic rings. The van der Waals surface area contributed by atoms with Crippen LogP contribution >= 0.6 is 11.6 Å². The second-order valence-electron chi connectivity index (χ2n) is 10.4. The lowest BCUT2D eigenvalue weighted by Gasteiger charge is -2.33. The largest absolute Gasteiger partial charge is 0.460 e. The van der Waals surface area contributed by atoms with Gasteiger partial charge in [-0.25, -0.2) is 0 Å². The van der Waals surface area contributed by atoms with E-state index in [9.17, 15) is 4.79 Å². The first-order chi connectivity index (χ1) is 19.4. The monoisotopic (exact) mass is 552 g/mol. The number of benzene rings is 3. The molecule has 3 aromatic carbocycles. The number of nitriles is 1. The van der Waals surface area contributed by atoms with E-state index in [4.69, 9.17) is 21.3 Å². The van der Waals surface area contributed by atoms with Crippen LogP contribution in [0.3, 0.4) is 0 Å². The zero-order valence-corrected chi connectivity index (χ0v) is 23.5. The van der Waals surface area contributed by atoms with Gasteiger partial charge in [0.05, 0.1) is 28.8 Å². The zero-order chi connectivity index (χ0) is 28.1. The van der Waals surface area contributed by atoms with Crippen molar-refractivity contribution in [1.29, 1.82) is 5.26 Å². The SMILES string of the molecule is Cc1ccc(C(C)NCc2ccc(-c3ccc(Cl)c(C(=O)N[C@H]4CNCC[C@@H]4c4ccc(C#N)cc4)c3)o2)cc1. The summed E-state index contributed by atoms with van der Waals surface area (Å²) >= 11 is 6.49. The highest BCUT2D eigenvalue weighted by Crippen LogP contribution is 2.29. The summed E-state index contributed by atoms with van der Waals surface area (Å²) in [5, 5.41) is 19.6. The number of carbonyl (C=O) groups excluding carboxylic acids is 1. The van der Waals surface area contributed by atoms with Crippen molar-refractivity contribution in [1.82, 2.24) is 16.0 Å². The fourth-order valence-corrected chi connectivity index (χ4v) is 5.37. The molecule has 0 bridgehead atoms. The number of halogens is 1. The molecule has 4 aromatic rings. The summed E-state index contributed by atoms with van der Waals surface area (Å²) < 4.78 is 6.12. The molecular weight excluding hydrogens is 520 g/mol. The molecule has 2 heterocycles. The van der Waals surface area contributed by atoms with Gasteiger partial charge in [-0.2, -0.15) is 5.26 Å². The maximum Gasteiger partial charge on any atom is 0.253 e. The van der Waals surface area contributed by atoms with Crippen LogP contribution in [0.15, 0.2) is 83.3 Å². The Morgan fingerprint density at radius 2 is 1.88 bits per heavy atom. The van der Waals surface area contributed by atoms with E-state index < -0.39 is 0 Å². The third-order valence-corrected chi connectivity index (χ3v) is 7.91. The van der Waals surface area contributed by atoms with Crippen molar-refractivity contribution < 1.29 is 9.21 Å². The molecule has 1 aliphatic heterocycles. The molecular formula is C33H33ClN4O2. The maximum atomic E-state index is 13.4. The van der Waals surface area contributed by atoms with Crippen LogP contribution in [0.4, 0.5) is 0 Å². The summed E-state index contributed by atoms with van der Waals surface area (Å²) in [4.78, 5) is 13.4. The summed E-state index contributed by atoms with van der Waals surface area (Å²) in [7, 11) is 0. The van der Waals surface area contributed by atoms with Gasteiger partial charge in [0.2, 0.25) is 0 Å². The predicted octanol–water partition coefficient (Wildman–Crippen LogP) is 6.51. The fraction of sp³-hybridized carbons (Fsp3) is 0.273. The summed E-state index contributed by atoms with van der Waals surface area (Å²) in [6, 6.07) is 27.6. The first-order valence-electron chi connectivity index (χ1n) is 13.6. The average molecular weight is 553 g/mol. The number of hydrogen-bond donors (Lipinski definition) is 3. The molecule has 1 amide bonds. The van der Waals surface area contributed by atoms with Crippen LogP contribution in [-0.4, -0.2) is 25.0 Å². The number of piperidine rings is 1. The van der Waals surface area contributed by atoms with Crippen LogP contribution in [0.1, 0.15) is 63.7 Å². The minimum absolute atomic E-state index is 0.106. The minimum Gasteiger partial charge on any atom is -0.460 e. The van der Waals surface area contributed by atoms with E-state index in [2.05, 4.69) is 60.1 Å². The van der Waals surface area contributed by atoms with Crippen LogP contribution in [0, 0.1) is 18.3 Å². The number of nitrogens with one attached hydrogen (secondary N) is 3. The maximum absolute atomic E-state index is 13.4. The highest BCUT2D eigenvalue weighted by molar-refractivity contribution is 6.34. The molecule has 0 saturated carbocycles. The van der Waals surface area contributed by atoms with Crippen LogP contribution in [0.5, 0.6) is 0 Å². The Morgan fingerprint density at radius 1 is 1.10 bits per heavy atom. The molecule has 1 unspecified atom stereocenters. The molecule has 3 atom stereocenters. The molecule has 0 aliphatic carbocycles. The van der Waals surface area contributed by atoms with E-state index in [1.54, 1.807) is 12.1 Å².